The second-order valence-corrected chi connectivity index (χ2v) is 11.8. The number of carbonyl (C=O) groups excluding carboxylic acids is 1. The first-order valence-corrected chi connectivity index (χ1v) is 15.3. The van der Waals surface area contributed by atoms with Crippen molar-refractivity contribution in [2.75, 3.05) is 6.61 Å². The zero-order valence-electron chi connectivity index (χ0n) is 25.4. The Morgan fingerprint density at radius 1 is 1.07 bits per heavy atom. The summed E-state index contributed by atoms with van der Waals surface area (Å²) >= 11 is 1.32. The molecule has 0 aliphatic heterocycles. The first-order chi connectivity index (χ1) is 20.9. The van der Waals surface area contributed by atoms with Crippen LogP contribution in [0.3, 0.4) is 0 Å². The maximum atomic E-state index is 13.3. The second kappa shape index (κ2) is 16.0. The molecule has 0 saturated heterocycles. The number of ether oxygens (including phenoxy) is 1. The van der Waals surface area contributed by atoms with Crippen molar-refractivity contribution < 1.29 is 34.0 Å². The maximum absolute atomic E-state index is 13.3. The number of allylic oxidation sites excluding steroid dienone is 2. The molecular weight excluding hydrogens is 587 g/mol. The fourth-order valence-electron chi connectivity index (χ4n) is 4.50. The minimum absolute atomic E-state index is 0.0350. The third-order valence-corrected chi connectivity index (χ3v) is 8.18. The number of nitrogens with one attached hydrogen (secondary N) is 1. The van der Waals surface area contributed by atoms with Crippen molar-refractivity contribution in [1.29, 1.82) is 0 Å². The lowest BCUT2D eigenvalue weighted by molar-refractivity contribution is -0.121. The number of aromatic nitrogens is 1. The number of phenols is 1. The van der Waals surface area contributed by atoms with E-state index in [9.17, 15) is 34.1 Å². The van der Waals surface area contributed by atoms with Crippen LogP contribution in [-0.2, 0) is 30.6 Å². The number of carboxylic acid groups (broad SMARTS) is 1. The number of unbranched alkanes of at least 4 members (excludes halogenated alkanes) is 2. The van der Waals surface area contributed by atoms with Gasteiger partial charge in [-0.15, -0.1) is 11.8 Å². The van der Waals surface area contributed by atoms with Crippen LogP contribution in [0, 0.1) is 12.7 Å². The molecule has 0 spiro atoms. The number of nitrogens with zero attached hydrogens (tertiary/aromatic N) is 1. The molecule has 3 aromatic rings. The van der Waals surface area contributed by atoms with E-state index in [4.69, 9.17) is 4.74 Å². The van der Waals surface area contributed by atoms with Crippen molar-refractivity contribution in [2.45, 2.75) is 70.1 Å². The smallest absolute Gasteiger partial charge is 0.339 e. The van der Waals surface area contributed by atoms with Crippen molar-refractivity contribution >= 4 is 23.6 Å². The van der Waals surface area contributed by atoms with Crippen LogP contribution in [-0.4, -0.2) is 38.4 Å². The van der Waals surface area contributed by atoms with Gasteiger partial charge in [0.1, 0.15) is 22.9 Å². The number of amides is 1. The van der Waals surface area contributed by atoms with E-state index in [-0.39, 0.29) is 53.9 Å². The zero-order chi connectivity index (χ0) is 32.4. The third-order valence-electron chi connectivity index (χ3n) is 7.12. The van der Waals surface area contributed by atoms with Crippen LogP contribution in [0.4, 0.5) is 4.39 Å². The fourth-order valence-corrected chi connectivity index (χ4v) is 5.38. The van der Waals surface area contributed by atoms with Gasteiger partial charge in [0.25, 0.3) is 0 Å². The molecule has 236 valence electrons. The zero-order valence-corrected chi connectivity index (χ0v) is 26.2. The van der Waals surface area contributed by atoms with Crippen molar-refractivity contribution in [3.63, 3.8) is 0 Å². The Kier molecular flexibility index (Phi) is 12.5. The molecule has 1 aromatic heterocycles. The maximum Gasteiger partial charge on any atom is 0.339 e. The summed E-state index contributed by atoms with van der Waals surface area (Å²) in [6, 6.07) is 8.86. The predicted octanol–water partition coefficient (Wildman–Crippen LogP) is 6.00. The topological polar surface area (TPSA) is 138 Å². The molecule has 1 amide bonds. The van der Waals surface area contributed by atoms with E-state index in [0.29, 0.717) is 54.1 Å². The highest BCUT2D eigenvalue weighted by Crippen LogP contribution is 2.38. The van der Waals surface area contributed by atoms with E-state index >= 15 is 0 Å². The van der Waals surface area contributed by atoms with Crippen molar-refractivity contribution in [2.24, 2.45) is 7.05 Å². The molecule has 3 rings (SSSR count). The third kappa shape index (κ3) is 9.37. The lowest BCUT2D eigenvalue weighted by Gasteiger charge is -2.17. The molecule has 0 bridgehead atoms. The molecule has 0 aliphatic rings. The molecule has 1 heterocycles. The summed E-state index contributed by atoms with van der Waals surface area (Å²) in [6.45, 7) is 5.88. The first kappa shape index (κ1) is 34.2. The second-order valence-electron chi connectivity index (χ2n) is 10.7. The number of thioether (sulfide) groups is 1. The molecule has 2 aromatic carbocycles. The summed E-state index contributed by atoms with van der Waals surface area (Å²) in [4.78, 5) is 37.1. The predicted molar refractivity (Wildman–Crippen MR) is 168 cm³/mol. The number of hydrogen-bond acceptors (Lipinski definition) is 7. The largest absolute Gasteiger partial charge is 0.507 e. The lowest BCUT2D eigenvalue weighted by atomic mass is 9.99. The molecule has 9 nitrogen and oxygen atoms in total. The number of carbonyl (C=O) groups is 2. The van der Waals surface area contributed by atoms with Gasteiger partial charge in [-0.05, 0) is 82.3 Å². The monoisotopic (exact) mass is 626 g/mol. The van der Waals surface area contributed by atoms with E-state index in [1.165, 1.54) is 30.0 Å². The minimum Gasteiger partial charge on any atom is -0.507 e. The number of hydrogen-bond donors (Lipinski definition) is 4. The molecule has 0 fully saturated rings. The van der Waals surface area contributed by atoms with Gasteiger partial charge in [-0.1, -0.05) is 11.6 Å². The van der Waals surface area contributed by atoms with Gasteiger partial charge in [0.15, 0.2) is 5.75 Å². The highest BCUT2D eigenvalue weighted by Gasteiger charge is 2.23. The molecule has 0 radical (unpaired) electrons. The molecule has 0 unspecified atom stereocenters. The standard InChI is InChI=1S/C33H39FN2O7S/c1-20(2)9-14-25-28(17-22(30(31(25)39)33(41)42)19-44-24-12-10-23(34)11-13-24)43-15-7-5-6-8-29(38)35-18-26-32(40)27(37)16-21(3)36(26)4/h9-13,16-17,39-40H,5-8,14-15,18-19H2,1-4H3,(H,35,38)(H,41,42). The summed E-state index contributed by atoms with van der Waals surface area (Å²) in [5.74, 6) is -1.92. The summed E-state index contributed by atoms with van der Waals surface area (Å²) in [6.07, 6.45) is 4.30. The highest BCUT2D eigenvalue weighted by atomic mass is 32.2. The minimum atomic E-state index is -1.25. The number of aromatic hydroxyl groups is 2. The Morgan fingerprint density at radius 3 is 2.43 bits per heavy atom. The number of carboxylic acids is 1. The van der Waals surface area contributed by atoms with Gasteiger partial charge in [0, 0.05) is 41.4 Å². The van der Waals surface area contributed by atoms with Crippen LogP contribution in [0.25, 0.3) is 0 Å². The Hall–Kier alpha value is -4.25. The number of aromatic carboxylic acids is 1. The molecule has 4 N–H and O–H groups in total. The van der Waals surface area contributed by atoms with Crippen LogP contribution < -0.4 is 15.5 Å². The Labute approximate surface area is 260 Å². The number of pyridine rings is 1. The van der Waals surface area contributed by atoms with Crippen LogP contribution in [0.2, 0.25) is 0 Å². The van der Waals surface area contributed by atoms with E-state index in [1.807, 2.05) is 19.9 Å². The van der Waals surface area contributed by atoms with Crippen LogP contribution in [0.15, 0.2) is 57.7 Å². The Morgan fingerprint density at radius 2 is 1.77 bits per heavy atom. The average Bonchev–Trinajstić information content (AvgIpc) is 2.96. The van der Waals surface area contributed by atoms with Gasteiger partial charge in [-0.3, -0.25) is 9.59 Å². The average molecular weight is 627 g/mol. The highest BCUT2D eigenvalue weighted by molar-refractivity contribution is 7.98. The molecular formula is C33H39FN2O7S. The van der Waals surface area contributed by atoms with E-state index in [2.05, 4.69) is 5.32 Å². The molecule has 0 saturated carbocycles. The van der Waals surface area contributed by atoms with E-state index in [1.54, 1.807) is 36.7 Å². The lowest BCUT2D eigenvalue weighted by Crippen LogP contribution is -2.26. The van der Waals surface area contributed by atoms with Crippen molar-refractivity contribution in [1.82, 2.24) is 9.88 Å². The van der Waals surface area contributed by atoms with Gasteiger partial charge < -0.3 is 29.9 Å². The van der Waals surface area contributed by atoms with Gasteiger partial charge in [-0.25, -0.2) is 9.18 Å². The summed E-state index contributed by atoms with van der Waals surface area (Å²) < 4.78 is 21.0. The van der Waals surface area contributed by atoms with Gasteiger partial charge in [0.2, 0.25) is 11.3 Å². The van der Waals surface area contributed by atoms with E-state index in [0.717, 1.165) is 10.5 Å². The van der Waals surface area contributed by atoms with Crippen LogP contribution >= 0.6 is 11.8 Å². The SMILES string of the molecule is CC(C)=CCc1c(OCCCCCC(=O)NCc2c(O)c(=O)cc(C)n2C)cc(CSc2ccc(F)cc2)c(C(=O)O)c1O. The van der Waals surface area contributed by atoms with Gasteiger partial charge >= 0.3 is 5.97 Å². The van der Waals surface area contributed by atoms with Crippen molar-refractivity contribution in [3.05, 3.63) is 92.2 Å². The van der Waals surface area contributed by atoms with E-state index < -0.39 is 11.4 Å². The fraction of sp³-hybridized carbons (Fsp3) is 0.364. The quantitative estimate of drug-likeness (QED) is 0.0916. The van der Waals surface area contributed by atoms with Crippen LogP contribution in [0.1, 0.15) is 72.4 Å². The number of rotatable bonds is 15. The number of halogens is 1. The Balaban J connectivity index is 1.61. The van der Waals surface area contributed by atoms with Crippen molar-refractivity contribution in [3.8, 4) is 17.2 Å². The molecule has 0 atom stereocenters. The van der Waals surface area contributed by atoms with Gasteiger partial charge in [-0.2, -0.15) is 0 Å². The Bertz CT molecular complexity index is 1580. The normalized spacial score (nSPS) is 10.8. The number of aryl methyl sites for hydroxylation is 1. The molecule has 44 heavy (non-hydrogen) atoms. The summed E-state index contributed by atoms with van der Waals surface area (Å²) in [7, 11) is 1.71. The first-order valence-electron chi connectivity index (χ1n) is 14.3. The molecule has 0 aliphatic carbocycles. The van der Waals surface area contributed by atoms with Crippen LogP contribution in [0.5, 0.6) is 17.2 Å². The number of benzene rings is 2. The van der Waals surface area contributed by atoms with Gasteiger partial charge in [0.05, 0.1) is 18.8 Å². The summed E-state index contributed by atoms with van der Waals surface area (Å²) in [5.41, 5.74) is 2.11. The summed E-state index contributed by atoms with van der Waals surface area (Å²) in [5, 5.41) is 33.8. The molecule has 11 heteroatoms.